The molecule has 2 aromatic heterocycles. The second-order valence-corrected chi connectivity index (χ2v) is 9.57. The number of para-hydroxylation sites is 2. The molecule has 0 saturated heterocycles. The van der Waals surface area contributed by atoms with Crippen LogP contribution < -0.4 is 10.1 Å². The van der Waals surface area contributed by atoms with Crippen molar-refractivity contribution in [1.82, 2.24) is 9.97 Å². The minimum Gasteiger partial charge on any atom is -0.495 e. The number of hydrogen-bond donors (Lipinski definition) is 1. The molecule has 2 unspecified atom stereocenters. The Hall–Kier alpha value is -2.12. The highest BCUT2D eigenvalue weighted by Gasteiger charge is 2.25. The number of anilines is 1. The van der Waals surface area contributed by atoms with Gasteiger partial charge in [0.15, 0.2) is 0 Å². The molecule has 0 spiro atoms. The molecule has 7 heteroatoms. The molecule has 0 bridgehead atoms. The molecule has 1 aromatic carbocycles. The molecule has 0 radical (unpaired) electrons. The first-order valence-corrected chi connectivity index (χ1v) is 11.1. The number of rotatable bonds is 5. The molecule has 0 fully saturated rings. The van der Waals surface area contributed by atoms with Crippen molar-refractivity contribution >= 4 is 44.9 Å². The van der Waals surface area contributed by atoms with Crippen LogP contribution in [-0.2, 0) is 17.6 Å². The number of benzene rings is 1. The summed E-state index contributed by atoms with van der Waals surface area (Å²) in [6, 6.07) is 7.43. The van der Waals surface area contributed by atoms with E-state index < -0.39 is 0 Å². The van der Waals surface area contributed by atoms with Gasteiger partial charge in [0.2, 0.25) is 5.91 Å². The molecule has 2 atom stereocenters. The Bertz CT molecular complexity index is 1020. The third-order valence-corrected chi connectivity index (χ3v) is 7.34. The molecule has 1 amide bonds. The first-order chi connectivity index (χ1) is 13.6. The SMILES string of the molecule is COc1ccccc1NC(=O)C(C)Sc1ncnc2sc3c(c12)CCC(C)C3. The Morgan fingerprint density at radius 3 is 3.00 bits per heavy atom. The minimum absolute atomic E-state index is 0.0704. The van der Waals surface area contributed by atoms with Crippen molar-refractivity contribution in [3.63, 3.8) is 0 Å². The largest absolute Gasteiger partial charge is 0.495 e. The van der Waals surface area contributed by atoms with E-state index in [1.54, 1.807) is 24.8 Å². The van der Waals surface area contributed by atoms with Crippen LogP contribution in [0, 0.1) is 5.92 Å². The highest BCUT2D eigenvalue weighted by molar-refractivity contribution is 8.00. The molecule has 0 saturated carbocycles. The monoisotopic (exact) mass is 413 g/mol. The molecule has 1 N–H and O–H groups in total. The van der Waals surface area contributed by atoms with Gasteiger partial charge in [0.1, 0.15) is 21.9 Å². The normalized spacial score (nSPS) is 17.2. The van der Waals surface area contributed by atoms with Gasteiger partial charge in [-0.15, -0.1) is 11.3 Å². The molecule has 28 heavy (non-hydrogen) atoms. The Kier molecular flexibility index (Phi) is 5.55. The third kappa shape index (κ3) is 3.73. The Morgan fingerprint density at radius 1 is 1.36 bits per heavy atom. The van der Waals surface area contributed by atoms with E-state index in [2.05, 4.69) is 22.2 Å². The number of hydrogen-bond acceptors (Lipinski definition) is 6. The van der Waals surface area contributed by atoms with Gasteiger partial charge >= 0.3 is 0 Å². The Labute approximate surface area is 172 Å². The van der Waals surface area contributed by atoms with Crippen molar-refractivity contribution in [2.45, 2.75) is 43.4 Å². The van der Waals surface area contributed by atoms with E-state index in [-0.39, 0.29) is 11.2 Å². The fraction of sp³-hybridized carbons (Fsp3) is 0.381. The van der Waals surface area contributed by atoms with Gasteiger partial charge in [-0.25, -0.2) is 9.97 Å². The van der Waals surface area contributed by atoms with Crippen LogP contribution in [0.1, 0.15) is 30.7 Å². The van der Waals surface area contributed by atoms with Gasteiger partial charge in [-0.3, -0.25) is 4.79 Å². The van der Waals surface area contributed by atoms with Gasteiger partial charge in [0.05, 0.1) is 18.0 Å². The third-order valence-electron chi connectivity index (χ3n) is 5.08. The predicted octanol–water partition coefficient (Wildman–Crippen LogP) is 4.94. The molecule has 3 aromatic rings. The number of carbonyl (C=O) groups excluding carboxylic acids is 1. The number of thiophene rings is 1. The fourth-order valence-corrected chi connectivity index (χ4v) is 5.90. The highest BCUT2D eigenvalue weighted by Crippen LogP contribution is 2.41. The fourth-order valence-electron chi connectivity index (χ4n) is 3.54. The van der Waals surface area contributed by atoms with E-state index in [0.29, 0.717) is 11.4 Å². The molecule has 1 aliphatic carbocycles. The van der Waals surface area contributed by atoms with E-state index in [0.717, 1.165) is 34.0 Å². The summed E-state index contributed by atoms with van der Waals surface area (Å²) >= 11 is 3.27. The summed E-state index contributed by atoms with van der Waals surface area (Å²) in [6.07, 6.45) is 4.99. The van der Waals surface area contributed by atoms with Crippen LogP contribution in [0.5, 0.6) is 5.75 Å². The number of aromatic nitrogens is 2. The van der Waals surface area contributed by atoms with Gasteiger partial charge in [0, 0.05) is 10.3 Å². The van der Waals surface area contributed by atoms with Crippen molar-refractivity contribution in [3.05, 3.63) is 41.0 Å². The van der Waals surface area contributed by atoms with Gasteiger partial charge in [0.25, 0.3) is 0 Å². The molecular formula is C21H23N3O2S2. The zero-order chi connectivity index (χ0) is 19.7. The van der Waals surface area contributed by atoms with Crippen LogP contribution in [0.25, 0.3) is 10.2 Å². The molecule has 0 aliphatic heterocycles. The lowest BCUT2D eigenvalue weighted by Crippen LogP contribution is -2.22. The second kappa shape index (κ2) is 8.09. The summed E-state index contributed by atoms with van der Waals surface area (Å²) in [7, 11) is 1.60. The number of nitrogens with zero attached hydrogens (tertiary/aromatic N) is 2. The molecule has 4 rings (SSSR count). The minimum atomic E-state index is -0.291. The van der Waals surface area contributed by atoms with Crippen molar-refractivity contribution in [1.29, 1.82) is 0 Å². The summed E-state index contributed by atoms with van der Waals surface area (Å²) in [4.78, 5) is 24.2. The molecule has 5 nitrogen and oxygen atoms in total. The second-order valence-electron chi connectivity index (χ2n) is 7.16. The number of fused-ring (bicyclic) bond motifs is 3. The lowest BCUT2D eigenvalue weighted by Gasteiger charge is -2.18. The number of nitrogens with one attached hydrogen (secondary N) is 1. The maximum absolute atomic E-state index is 12.8. The molecule has 2 heterocycles. The molecule has 1 aliphatic rings. The van der Waals surface area contributed by atoms with E-state index in [9.17, 15) is 4.79 Å². The zero-order valence-electron chi connectivity index (χ0n) is 16.2. The van der Waals surface area contributed by atoms with Crippen molar-refractivity contribution < 1.29 is 9.53 Å². The van der Waals surface area contributed by atoms with Crippen LogP contribution in [-0.4, -0.2) is 28.2 Å². The molecule has 146 valence electrons. The van der Waals surface area contributed by atoms with Gasteiger partial charge in [-0.2, -0.15) is 0 Å². The average Bonchev–Trinajstić information content (AvgIpc) is 3.06. The van der Waals surface area contributed by atoms with E-state index in [1.807, 2.05) is 31.2 Å². The lowest BCUT2D eigenvalue weighted by molar-refractivity contribution is -0.115. The zero-order valence-corrected chi connectivity index (χ0v) is 17.8. The van der Waals surface area contributed by atoms with E-state index in [4.69, 9.17) is 4.74 Å². The van der Waals surface area contributed by atoms with Crippen LogP contribution in [0.15, 0.2) is 35.6 Å². The predicted molar refractivity (Wildman–Crippen MR) is 116 cm³/mol. The quantitative estimate of drug-likeness (QED) is 0.474. The topological polar surface area (TPSA) is 64.1 Å². The first-order valence-electron chi connectivity index (χ1n) is 9.42. The Balaban J connectivity index is 1.57. The van der Waals surface area contributed by atoms with Gasteiger partial charge in [-0.05, 0) is 49.8 Å². The lowest BCUT2D eigenvalue weighted by atomic mass is 9.89. The Morgan fingerprint density at radius 2 is 2.18 bits per heavy atom. The smallest absolute Gasteiger partial charge is 0.237 e. The number of carbonyl (C=O) groups is 1. The molecular weight excluding hydrogens is 390 g/mol. The van der Waals surface area contributed by atoms with Crippen LogP contribution >= 0.6 is 23.1 Å². The number of ether oxygens (including phenoxy) is 1. The van der Waals surface area contributed by atoms with Crippen molar-refractivity contribution in [2.24, 2.45) is 5.92 Å². The summed E-state index contributed by atoms with van der Waals surface area (Å²) < 4.78 is 5.32. The van der Waals surface area contributed by atoms with E-state index in [1.165, 1.54) is 28.6 Å². The first kappa shape index (κ1) is 19.2. The summed E-state index contributed by atoms with van der Waals surface area (Å²) in [5.41, 5.74) is 2.07. The summed E-state index contributed by atoms with van der Waals surface area (Å²) in [5.74, 6) is 1.30. The maximum Gasteiger partial charge on any atom is 0.237 e. The number of methoxy groups -OCH3 is 1. The van der Waals surface area contributed by atoms with Gasteiger partial charge < -0.3 is 10.1 Å². The van der Waals surface area contributed by atoms with Crippen molar-refractivity contribution in [3.8, 4) is 5.75 Å². The average molecular weight is 414 g/mol. The van der Waals surface area contributed by atoms with Crippen molar-refractivity contribution in [2.75, 3.05) is 12.4 Å². The number of amides is 1. The maximum atomic E-state index is 12.8. The van der Waals surface area contributed by atoms with Crippen LogP contribution in [0.2, 0.25) is 0 Å². The summed E-state index contributed by atoms with van der Waals surface area (Å²) in [5, 5.41) is 4.73. The van der Waals surface area contributed by atoms with E-state index >= 15 is 0 Å². The summed E-state index contributed by atoms with van der Waals surface area (Å²) in [6.45, 7) is 4.21. The van der Waals surface area contributed by atoms with Crippen LogP contribution in [0.3, 0.4) is 0 Å². The van der Waals surface area contributed by atoms with Gasteiger partial charge in [-0.1, -0.05) is 30.8 Å². The number of aryl methyl sites for hydroxylation is 1. The number of thioether (sulfide) groups is 1. The highest BCUT2D eigenvalue weighted by atomic mass is 32.2. The standard InChI is InChI=1S/C21H23N3O2S2/c1-12-8-9-14-17(10-12)28-21-18(14)20(22-11-23-21)27-13(2)19(25)24-15-6-4-5-7-16(15)26-3/h4-7,11-13H,8-10H2,1-3H3,(H,24,25). The van der Waals surface area contributed by atoms with Crippen LogP contribution in [0.4, 0.5) is 5.69 Å².